The molecule has 0 bridgehead atoms. The van der Waals surface area contributed by atoms with Crippen LogP contribution < -0.4 is 5.32 Å². The number of hydrogen-bond acceptors (Lipinski definition) is 3. The number of rotatable bonds is 7. The second kappa shape index (κ2) is 6.80. The summed E-state index contributed by atoms with van der Waals surface area (Å²) in [6.07, 6.45) is 1.31. The van der Waals surface area contributed by atoms with E-state index in [-0.39, 0.29) is 18.9 Å². The topological polar surface area (TPSA) is 91.6 Å². The normalized spacial score (nSPS) is 12.1. The van der Waals surface area contributed by atoms with Gasteiger partial charge in [-0.05, 0) is 18.6 Å². The first-order valence-electron chi connectivity index (χ1n) is 5.90. The molecule has 0 aromatic carbocycles. The van der Waals surface area contributed by atoms with E-state index in [1.54, 1.807) is 12.1 Å². The zero-order valence-electron chi connectivity index (χ0n) is 10.3. The van der Waals surface area contributed by atoms with Crippen LogP contribution in [-0.2, 0) is 11.3 Å². The first-order valence-corrected chi connectivity index (χ1v) is 5.90. The average Bonchev–Trinajstić information content (AvgIpc) is 2.77. The van der Waals surface area contributed by atoms with Crippen molar-refractivity contribution in [3.63, 3.8) is 0 Å². The van der Waals surface area contributed by atoms with Gasteiger partial charge in [-0.25, -0.2) is 4.79 Å². The van der Waals surface area contributed by atoms with Crippen molar-refractivity contribution >= 4 is 11.9 Å². The van der Waals surface area contributed by atoms with Gasteiger partial charge in [-0.3, -0.25) is 4.79 Å². The number of aryl methyl sites for hydroxylation is 1. The van der Waals surface area contributed by atoms with Crippen molar-refractivity contribution in [2.24, 2.45) is 0 Å². The molecule has 0 aliphatic carbocycles. The first-order chi connectivity index (χ1) is 8.56. The number of nitrogens with zero attached hydrogens (tertiary/aromatic N) is 1. The lowest BCUT2D eigenvalue weighted by Crippen LogP contribution is -2.31. The van der Waals surface area contributed by atoms with Crippen LogP contribution in [0.15, 0.2) is 18.3 Å². The van der Waals surface area contributed by atoms with Crippen LogP contribution in [0, 0.1) is 0 Å². The number of aliphatic hydroxyl groups excluding tert-OH is 1. The molecule has 1 aromatic rings. The lowest BCUT2D eigenvalue weighted by Gasteiger charge is -2.09. The van der Waals surface area contributed by atoms with Crippen molar-refractivity contribution in [1.82, 2.24) is 9.88 Å². The number of amides is 1. The molecule has 0 radical (unpaired) electrons. The fourth-order valence-electron chi connectivity index (χ4n) is 1.59. The monoisotopic (exact) mass is 254 g/mol. The van der Waals surface area contributed by atoms with Crippen LogP contribution in [0.5, 0.6) is 0 Å². The zero-order chi connectivity index (χ0) is 13.5. The third kappa shape index (κ3) is 3.89. The van der Waals surface area contributed by atoms with Crippen molar-refractivity contribution < 1.29 is 19.8 Å². The van der Waals surface area contributed by atoms with Crippen LogP contribution in [0.3, 0.4) is 0 Å². The molecule has 3 N–H and O–H groups in total. The molecule has 1 aromatic heterocycles. The van der Waals surface area contributed by atoms with Gasteiger partial charge in [0, 0.05) is 25.7 Å². The maximum absolute atomic E-state index is 11.8. The largest absolute Gasteiger partial charge is 0.479 e. The first kappa shape index (κ1) is 14.2. The van der Waals surface area contributed by atoms with Crippen molar-refractivity contribution in [2.45, 2.75) is 32.4 Å². The summed E-state index contributed by atoms with van der Waals surface area (Å²) in [5.74, 6) is -1.54. The number of aliphatic carboxylic acids is 1. The molecule has 1 rings (SSSR count). The molecule has 0 saturated heterocycles. The second-order valence-electron chi connectivity index (χ2n) is 3.99. The Morgan fingerprint density at radius 1 is 1.50 bits per heavy atom. The van der Waals surface area contributed by atoms with Crippen molar-refractivity contribution in [3.05, 3.63) is 24.0 Å². The van der Waals surface area contributed by atoms with Crippen molar-refractivity contribution in [2.75, 3.05) is 6.54 Å². The van der Waals surface area contributed by atoms with Crippen molar-refractivity contribution in [1.29, 1.82) is 0 Å². The molecular formula is C12H18N2O4. The molecule has 0 unspecified atom stereocenters. The molecule has 6 heteroatoms. The van der Waals surface area contributed by atoms with E-state index in [1.807, 2.05) is 17.7 Å². The van der Waals surface area contributed by atoms with E-state index in [2.05, 4.69) is 5.32 Å². The molecule has 0 spiro atoms. The summed E-state index contributed by atoms with van der Waals surface area (Å²) < 4.78 is 1.84. The summed E-state index contributed by atoms with van der Waals surface area (Å²) in [7, 11) is 0. The van der Waals surface area contributed by atoms with Gasteiger partial charge in [0.05, 0.1) is 0 Å². The Morgan fingerprint density at radius 2 is 2.22 bits per heavy atom. The number of nitrogens with one attached hydrogen (secondary N) is 1. The van der Waals surface area contributed by atoms with Gasteiger partial charge in [0.2, 0.25) is 0 Å². The van der Waals surface area contributed by atoms with E-state index in [0.717, 1.165) is 13.0 Å². The third-order valence-corrected chi connectivity index (χ3v) is 2.52. The molecule has 0 fully saturated rings. The van der Waals surface area contributed by atoms with Gasteiger partial charge in [-0.2, -0.15) is 0 Å². The molecule has 1 amide bonds. The molecule has 1 heterocycles. The highest BCUT2D eigenvalue weighted by Crippen LogP contribution is 2.03. The number of hydrogen-bond donors (Lipinski definition) is 3. The molecule has 0 saturated carbocycles. The second-order valence-corrected chi connectivity index (χ2v) is 3.99. The highest BCUT2D eigenvalue weighted by molar-refractivity contribution is 5.92. The van der Waals surface area contributed by atoms with E-state index in [1.165, 1.54) is 0 Å². The highest BCUT2D eigenvalue weighted by Gasteiger charge is 2.14. The van der Waals surface area contributed by atoms with Crippen LogP contribution in [0.1, 0.15) is 30.3 Å². The Balaban J connectivity index is 2.45. The summed E-state index contributed by atoms with van der Waals surface area (Å²) in [5, 5.41) is 20.1. The molecule has 0 aliphatic heterocycles. The quantitative estimate of drug-likeness (QED) is 0.659. The Kier molecular flexibility index (Phi) is 5.38. The van der Waals surface area contributed by atoms with Gasteiger partial charge in [0.1, 0.15) is 5.69 Å². The third-order valence-electron chi connectivity index (χ3n) is 2.52. The van der Waals surface area contributed by atoms with Gasteiger partial charge < -0.3 is 20.1 Å². The summed E-state index contributed by atoms with van der Waals surface area (Å²) >= 11 is 0. The highest BCUT2D eigenvalue weighted by atomic mass is 16.4. The molecular weight excluding hydrogens is 236 g/mol. The number of carboxylic acids is 1. The minimum absolute atomic E-state index is 0.00441. The van der Waals surface area contributed by atoms with Crippen LogP contribution in [0.2, 0.25) is 0 Å². The van der Waals surface area contributed by atoms with Gasteiger partial charge in [-0.1, -0.05) is 6.92 Å². The number of aliphatic hydroxyl groups is 1. The Bertz CT molecular complexity index is 414. The Morgan fingerprint density at radius 3 is 2.83 bits per heavy atom. The minimum atomic E-state index is -1.44. The van der Waals surface area contributed by atoms with E-state index < -0.39 is 12.1 Å². The summed E-state index contributed by atoms with van der Waals surface area (Å²) in [6.45, 7) is 2.90. The predicted octanol–water partition coefficient (Wildman–Crippen LogP) is 0.464. The molecule has 6 nitrogen and oxygen atoms in total. The van der Waals surface area contributed by atoms with E-state index in [9.17, 15) is 9.59 Å². The maximum atomic E-state index is 11.8. The number of carbonyl (C=O) groups excluding carboxylic acids is 1. The maximum Gasteiger partial charge on any atom is 0.332 e. The van der Waals surface area contributed by atoms with Gasteiger partial charge in [-0.15, -0.1) is 0 Å². The van der Waals surface area contributed by atoms with Gasteiger partial charge in [0.15, 0.2) is 6.10 Å². The zero-order valence-corrected chi connectivity index (χ0v) is 10.3. The smallest absolute Gasteiger partial charge is 0.332 e. The van der Waals surface area contributed by atoms with Crippen LogP contribution in [-0.4, -0.2) is 39.3 Å². The number of aromatic nitrogens is 1. The molecule has 100 valence electrons. The summed E-state index contributed by atoms with van der Waals surface area (Å²) in [5.41, 5.74) is 0.543. The van der Waals surface area contributed by atoms with E-state index in [4.69, 9.17) is 10.2 Å². The standard InChI is InChI=1S/C12H18N2O4/c1-2-7-14-8-3-4-9(14)11(16)13-6-5-10(15)12(17)18/h3-4,8,10,15H,2,5-7H2,1H3,(H,13,16)(H,17,18)/t10-/m0/s1. The van der Waals surface area contributed by atoms with Crippen LogP contribution >= 0.6 is 0 Å². The van der Waals surface area contributed by atoms with E-state index >= 15 is 0 Å². The van der Waals surface area contributed by atoms with Gasteiger partial charge in [0.25, 0.3) is 5.91 Å². The van der Waals surface area contributed by atoms with E-state index in [0.29, 0.717) is 5.69 Å². The van der Waals surface area contributed by atoms with Crippen molar-refractivity contribution in [3.8, 4) is 0 Å². The fourth-order valence-corrected chi connectivity index (χ4v) is 1.59. The molecule has 18 heavy (non-hydrogen) atoms. The number of carbonyl (C=O) groups is 2. The summed E-state index contributed by atoms with van der Waals surface area (Å²) in [6, 6.07) is 3.50. The average molecular weight is 254 g/mol. The fraction of sp³-hybridized carbons (Fsp3) is 0.500. The lowest BCUT2D eigenvalue weighted by molar-refractivity contribution is -0.146. The molecule has 1 atom stereocenters. The Labute approximate surface area is 105 Å². The molecule has 0 aliphatic rings. The Hall–Kier alpha value is -1.82. The van der Waals surface area contributed by atoms with Crippen LogP contribution in [0.25, 0.3) is 0 Å². The van der Waals surface area contributed by atoms with Crippen LogP contribution in [0.4, 0.5) is 0 Å². The summed E-state index contributed by atoms with van der Waals surface area (Å²) in [4.78, 5) is 22.2. The SMILES string of the molecule is CCCn1cccc1C(=O)NCC[C@H](O)C(=O)O. The van der Waals surface area contributed by atoms with Gasteiger partial charge >= 0.3 is 5.97 Å². The lowest BCUT2D eigenvalue weighted by atomic mass is 10.2. The number of carboxylic acid groups (broad SMARTS) is 1. The predicted molar refractivity (Wildman–Crippen MR) is 65.3 cm³/mol. The minimum Gasteiger partial charge on any atom is -0.479 e.